The van der Waals surface area contributed by atoms with E-state index < -0.39 is 0 Å². The number of aromatic nitrogens is 2. The Labute approximate surface area is 144 Å². The number of carbonyl (C=O) groups excluding carboxylic acids is 1. The molecule has 3 rings (SSSR count). The molecule has 1 fully saturated rings. The number of ether oxygens (including phenoxy) is 1. The van der Waals surface area contributed by atoms with Crippen molar-refractivity contribution in [3.05, 3.63) is 17.7 Å². The molecule has 1 amide bonds. The van der Waals surface area contributed by atoms with Gasteiger partial charge in [0.1, 0.15) is 5.82 Å². The van der Waals surface area contributed by atoms with E-state index in [4.69, 9.17) is 9.72 Å². The first-order chi connectivity index (χ1) is 11.5. The van der Waals surface area contributed by atoms with Crippen LogP contribution in [0.25, 0.3) is 0 Å². The molecule has 0 spiro atoms. The molecule has 1 atom stereocenters. The summed E-state index contributed by atoms with van der Waals surface area (Å²) in [6, 6.07) is 0.479. The summed E-state index contributed by atoms with van der Waals surface area (Å²) in [5.41, 5.74) is 0.878. The normalized spacial score (nSPS) is 22.6. The van der Waals surface area contributed by atoms with E-state index in [1.807, 2.05) is 13.8 Å². The molecule has 0 radical (unpaired) electrons. The van der Waals surface area contributed by atoms with Gasteiger partial charge in [0.15, 0.2) is 0 Å². The third-order valence-electron chi connectivity index (χ3n) is 5.03. The molecule has 1 aromatic rings. The van der Waals surface area contributed by atoms with Crippen molar-refractivity contribution in [1.82, 2.24) is 19.8 Å². The molecular formula is C18H30N4O2. The number of nitrogens with one attached hydrogen (secondary N) is 1. The van der Waals surface area contributed by atoms with Gasteiger partial charge >= 0.3 is 0 Å². The van der Waals surface area contributed by atoms with E-state index in [1.165, 1.54) is 0 Å². The minimum Gasteiger partial charge on any atom is -0.381 e. The van der Waals surface area contributed by atoms with Crippen LogP contribution in [0.2, 0.25) is 0 Å². The maximum Gasteiger partial charge on any atom is 0.226 e. The standard InChI is InChI=1S/C18H30N4O2/c1-13(2)19-17(23)10-16-12-22-7-6-21(14(3)18(22)20-16)11-15-4-8-24-9-5-15/h12-15H,4-11H2,1-3H3,(H,19,23)/t14-/m0/s1. The van der Waals surface area contributed by atoms with Gasteiger partial charge in [0, 0.05) is 45.1 Å². The summed E-state index contributed by atoms with van der Waals surface area (Å²) in [5.74, 6) is 1.88. The fraction of sp³-hybridized carbons (Fsp3) is 0.778. The van der Waals surface area contributed by atoms with E-state index >= 15 is 0 Å². The molecule has 0 aromatic carbocycles. The molecule has 3 heterocycles. The summed E-state index contributed by atoms with van der Waals surface area (Å²) in [6.07, 6.45) is 4.75. The molecule has 0 aliphatic carbocycles. The molecular weight excluding hydrogens is 304 g/mol. The van der Waals surface area contributed by atoms with E-state index in [2.05, 4.69) is 27.9 Å². The molecule has 24 heavy (non-hydrogen) atoms. The van der Waals surface area contributed by atoms with Crippen LogP contribution < -0.4 is 5.32 Å². The van der Waals surface area contributed by atoms with Crippen LogP contribution in [0.5, 0.6) is 0 Å². The smallest absolute Gasteiger partial charge is 0.226 e. The summed E-state index contributed by atoms with van der Waals surface area (Å²) in [4.78, 5) is 19.3. The fourth-order valence-corrected chi connectivity index (χ4v) is 3.72. The highest BCUT2D eigenvalue weighted by atomic mass is 16.5. The Morgan fingerprint density at radius 2 is 2.12 bits per heavy atom. The van der Waals surface area contributed by atoms with Gasteiger partial charge in [-0.2, -0.15) is 0 Å². The summed E-state index contributed by atoms with van der Waals surface area (Å²) in [7, 11) is 0. The molecule has 1 saturated heterocycles. The third kappa shape index (κ3) is 4.16. The van der Waals surface area contributed by atoms with E-state index in [0.717, 1.165) is 63.1 Å². The second-order valence-corrected chi connectivity index (χ2v) is 7.41. The van der Waals surface area contributed by atoms with E-state index in [9.17, 15) is 4.79 Å². The van der Waals surface area contributed by atoms with Crippen molar-refractivity contribution in [2.75, 3.05) is 26.3 Å². The third-order valence-corrected chi connectivity index (χ3v) is 5.03. The van der Waals surface area contributed by atoms with Crippen LogP contribution in [-0.2, 0) is 22.5 Å². The molecule has 6 heteroatoms. The van der Waals surface area contributed by atoms with Gasteiger partial charge in [-0.05, 0) is 39.5 Å². The van der Waals surface area contributed by atoms with Crippen LogP contribution in [0.3, 0.4) is 0 Å². The van der Waals surface area contributed by atoms with Crippen molar-refractivity contribution in [2.24, 2.45) is 5.92 Å². The summed E-state index contributed by atoms with van der Waals surface area (Å²) in [6.45, 7) is 11.1. The van der Waals surface area contributed by atoms with Gasteiger partial charge in [-0.3, -0.25) is 9.69 Å². The summed E-state index contributed by atoms with van der Waals surface area (Å²) < 4.78 is 7.69. The van der Waals surface area contributed by atoms with Crippen molar-refractivity contribution >= 4 is 5.91 Å². The molecule has 0 bridgehead atoms. The van der Waals surface area contributed by atoms with Crippen molar-refractivity contribution in [3.63, 3.8) is 0 Å². The van der Waals surface area contributed by atoms with Crippen molar-refractivity contribution in [2.45, 2.75) is 58.7 Å². The summed E-state index contributed by atoms with van der Waals surface area (Å²) in [5, 5.41) is 2.94. The van der Waals surface area contributed by atoms with Gasteiger partial charge < -0.3 is 14.6 Å². The largest absolute Gasteiger partial charge is 0.381 e. The van der Waals surface area contributed by atoms with E-state index in [0.29, 0.717) is 12.5 Å². The first-order valence-electron chi connectivity index (χ1n) is 9.20. The van der Waals surface area contributed by atoms with Gasteiger partial charge in [0.2, 0.25) is 5.91 Å². The number of hydrogen-bond donors (Lipinski definition) is 1. The minimum absolute atomic E-state index is 0.0483. The molecule has 1 aromatic heterocycles. The van der Waals surface area contributed by atoms with Crippen molar-refractivity contribution in [3.8, 4) is 0 Å². The van der Waals surface area contributed by atoms with Gasteiger partial charge in [-0.1, -0.05) is 0 Å². The highest BCUT2D eigenvalue weighted by Gasteiger charge is 2.28. The van der Waals surface area contributed by atoms with Crippen LogP contribution in [0, 0.1) is 5.92 Å². The topological polar surface area (TPSA) is 59.4 Å². The lowest BCUT2D eigenvalue weighted by molar-refractivity contribution is -0.120. The Kier molecular flexibility index (Phi) is 5.56. The first-order valence-corrected chi connectivity index (χ1v) is 9.20. The Hall–Kier alpha value is -1.40. The quantitative estimate of drug-likeness (QED) is 0.891. The Morgan fingerprint density at radius 3 is 2.83 bits per heavy atom. The number of fused-ring (bicyclic) bond motifs is 1. The molecule has 0 unspecified atom stereocenters. The Balaban J connectivity index is 1.62. The second-order valence-electron chi connectivity index (χ2n) is 7.41. The number of amides is 1. The highest BCUT2D eigenvalue weighted by molar-refractivity contribution is 5.78. The Bertz CT molecular complexity index is 563. The van der Waals surface area contributed by atoms with Crippen LogP contribution in [0.4, 0.5) is 0 Å². The molecule has 0 saturated carbocycles. The lowest BCUT2D eigenvalue weighted by Gasteiger charge is -2.37. The van der Waals surface area contributed by atoms with Gasteiger partial charge in [-0.25, -0.2) is 4.98 Å². The first kappa shape index (κ1) is 17.4. The SMILES string of the molecule is CC(C)NC(=O)Cc1cn2c(n1)[C@H](C)N(CC1CCOCC1)CC2. The second kappa shape index (κ2) is 7.66. The lowest BCUT2D eigenvalue weighted by Crippen LogP contribution is -2.40. The zero-order valence-corrected chi connectivity index (χ0v) is 15.1. The van der Waals surface area contributed by atoms with E-state index in [-0.39, 0.29) is 11.9 Å². The number of rotatable bonds is 5. The fourth-order valence-electron chi connectivity index (χ4n) is 3.72. The van der Waals surface area contributed by atoms with Crippen molar-refractivity contribution < 1.29 is 9.53 Å². The molecule has 2 aliphatic rings. The maximum absolute atomic E-state index is 12.0. The van der Waals surface area contributed by atoms with Crippen molar-refractivity contribution in [1.29, 1.82) is 0 Å². The van der Waals surface area contributed by atoms with Crippen LogP contribution in [-0.4, -0.2) is 52.7 Å². The predicted octanol–water partition coefficient (Wildman–Crippen LogP) is 1.75. The lowest BCUT2D eigenvalue weighted by atomic mass is 9.98. The monoisotopic (exact) mass is 334 g/mol. The average molecular weight is 334 g/mol. The maximum atomic E-state index is 12.0. The van der Waals surface area contributed by atoms with Crippen LogP contribution in [0.15, 0.2) is 6.20 Å². The zero-order chi connectivity index (χ0) is 17.1. The Morgan fingerprint density at radius 1 is 1.38 bits per heavy atom. The predicted molar refractivity (Wildman–Crippen MR) is 92.7 cm³/mol. The van der Waals surface area contributed by atoms with Gasteiger partial charge in [0.05, 0.1) is 18.2 Å². The minimum atomic E-state index is 0.0483. The summed E-state index contributed by atoms with van der Waals surface area (Å²) >= 11 is 0. The number of hydrogen-bond acceptors (Lipinski definition) is 4. The zero-order valence-electron chi connectivity index (χ0n) is 15.1. The van der Waals surface area contributed by atoms with Gasteiger partial charge in [0.25, 0.3) is 0 Å². The molecule has 6 nitrogen and oxygen atoms in total. The number of imidazole rings is 1. The number of nitrogens with zero attached hydrogens (tertiary/aromatic N) is 3. The van der Waals surface area contributed by atoms with Crippen LogP contribution in [0.1, 0.15) is 51.2 Å². The van der Waals surface area contributed by atoms with Gasteiger partial charge in [-0.15, -0.1) is 0 Å². The number of carbonyl (C=O) groups is 1. The van der Waals surface area contributed by atoms with E-state index in [1.54, 1.807) is 0 Å². The van der Waals surface area contributed by atoms with Crippen LogP contribution >= 0.6 is 0 Å². The average Bonchev–Trinajstić information content (AvgIpc) is 2.93. The highest BCUT2D eigenvalue weighted by Crippen LogP contribution is 2.27. The molecule has 134 valence electrons. The molecule has 1 N–H and O–H groups in total. The molecule has 2 aliphatic heterocycles.